The number of anilines is 1. The minimum Gasteiger partial charge on any atom is -0.454 e. The van der Waals surface area contributed by atoms with Crippen molar-refractivity contribution in [2.45, 2.75) is 13.5 Å². The van der Waals surface area contributed by atoms with E-state index < -0.39 is 11.9 Å². The lowest BCUT2D eigenvalue weighted by Crippen LogP contribution is -2.23. The summed E-state index contributed by atoms with van der Waals surface area (Å²) in [6, 6.07) is 19.0. The summed E-state index contributed by atoms with van der Waals surface area (Å²) in [7, 11) is 0. The fourth-order valence-corrected chi connectivity index (χ4v) is 3.28. The molecule has 0 saturated carbocycles. The molecule has 0 atom stereocenters. The molecule has 0 unspecified atom stereocenters. The van der Waals surface area contributed by atoms with Gasteiger partial charge in [0.25, 0.3) is 5.91 Å². The predicted molar refractivity (Wildman–Crippen MR) is 108 cm³/mol. The van der Waals surface area contributed by atoms with Gasteiger partial charge in [0.15, 0.2) is 6.61 Å². The van der Waals surface area contributed by atoms with Crippen molar-refractivity contribution in [1.82, 2.24) is 9.55 Å². The number of aryl methyl sites for hydroxylation is 1. The van der Waals surface area contributed by atoms with Gasteiger partial charge < -0.3 is 14.6 Å². The molecule has 2 aromatic carbocycles. The Labute approximate surface area is 161 Å². The van der Waals surface area contributed by atoms with E-state index >= 15 is 0 Å². The van der Waals surface area contributed by atoms with Gasteiger partial charge in [-0.25, -0.2) is 0 Å². The summed E-state index contributed by atoms with van der Waals surface area (Å²) in [4.78, 5) is 28.7. The maximum atomic E-state index is 12.2. The lowest BCUT2D eigenvalue weighted by atomic mass is 10.2. The topological polar surface area (TPSA) is 73.2 Å². The van der Waals surface area contributed by atoms with Crippen LogP contribution in [0.1, 0.15) is 5.69 Å². The molecule has 28 heavy (non-hydrogen) atoms. The normalized spacial score (nSPS) is 10.9. The van der Waals surface area contributed by atoms with Crippen LogP contribution in [0.25, 0.3) is 21.8 Å². The van der Waals surface area contributed by atoms with Crippen molar-refractivity contribution in [1.29, 1.82) is 0 Å². The van der Waals surface area contributed by atoms with Gasteiger partial charge in [0.2, 0.25) is 0 Å². The highest BCUT2D eigenvalue weighted by Crippen LogP contribution is 2.21. The quantitative estimate of drug-likeness (QED) is 0.542. The fourth-order valence-electron chi connectivity index (χ4n) is 3.28. The summed E-state index contributed by atoms with van der Waals surface area (Å²) in [6.07, 6.45) is 1.70. The van der Waals surface area contributed by atoms with Crippen molar-refractivity contribution >= 4 is 39.4 Å². The number of benzene rings is 2. The molecule has 2 heterocycles. The molecule has 0 fully saturated rings. The zero-order chi connectivity index (χ0) is 19.5. The molecule has 6 heteroatoms. The number of para-hydroxylation sites is 1. The number of amides is 1. The Morgan fingerprint density at radius 2 is 1.93 bits per heavy atom. The number of hydrogen-bond acceptors (Lipinski definition) is 4. The first-order valence-corrected chi connectivity index (χ1v) is 8.96. The Balaban J connectivity index is 1.39. The van der Waals surface area contributed by atoms with Crippen molar-refractivity contribution in [2.75, 3.05) is 11.9 Å². The number of carbonyl (C=O) groups is 2. The summed E-state index contributed by atoms with van der Waals surface area (Å²) in [6.45, 7) is 1.66. The van der Waals surface area contributed by atoms with E-state index in [1.165, 1.54) is 0 Å². The van der Waals surface area contributed by atoms with E-state index in [4.69, 9.17) is 4.74 Å². The number of ether oxygens (including phenoxy) is 1. The molecule has 0 aliphatic heterocycles. The minimum atomic E-state index is -0.459. The molecule has 4 rings (SSSR count). The highest BCUT2D eigenvalue weighted by Gasteiger charge is 2.13. The number of aromatic nitrogens is 2. The Bertz CT molecular complexity index is 1170. The van der Waals surface area contributed by atoms with Crippen LogP contribution in [0.3, 0.4) is 0 Å². The second-order valence-electron chi connectivity index (χ2n) is 6.52. The smallest absolute Gasteiger partial charge is 0.326 e. The van der Waals surface area contributed by atoms with Crippen LogP contribution >= 0.6 is 0 Å². The summed E-state index contributed by atoms with van der Waals surface area (Å²) in [5, 5.41) is 4.67. The van der Waals surface area contributed by atoms with Crippen LogP contribution < -0.4 is 5.32 Å². The molecule has 0 saturated heterocycles. The number of esters is 1. The summed E-state index contributed by atoms with van der Waals surface area (Å²) >= 11 is 0. The van der Waals surface area contributed by atoms with Crippen molar-refractivity contribution in [3.63, 3.8) is 0 Å². The Hall–Kier alpha value is -3.67. The monoisotopic (exact) mass is 373 g/mol. The van der Waals surface area contributed by atoms with Crippen molar-refractivity contribution < 1.29 is 14.3 Å². The number of pyridine rings is 1. The maximum absolute atomic E-state index is 12.2. The van der Waals surface area contributed by atoms with Crippen molar-refractivity contribution in [2.24, 2.45) is 0 Å². The second kappa shape index (κ2) is 7.52. The molecule has 0 aliphatic rings. The van der Waals surface area contributed by atoms with Gasteiger partial charge in [-0.15, -0.1) is 0 Å². The van der Waals surface area contributed by atoms with E-state index in [9.17, 15) is 9.59 Å². The van der Waals surface area contributed by atoms with E-state index in [1.54, 1.807) is 12.3 Å². The standard InChI is InChI=1S/C22H19N3O3/c1-15-12-16-6-2-3-10-20(16)25(15)13-22(27)28-14-21(26)24-19-9-4-8-18-17(19)7-5-11-23-18/h2-12H,13-14H2,1H3,(H,24,26). The van der Waals surface area contributed by atoms with Crippen LogP contribution in [0, 0.1) is 6.92 Å². The highest BCUT2D eigenvalue weighted by atomic mass is 16.5. The van der Waals surface area contributed by atoms with Gasteiger partial charge in [-0.1, -0.05) is 24.3 Å². The Morgan fingerprint density at radius 3 is 2.82 bits per heavy atom. The van der Waals surface area contributed by atoms with Crippen molar-refractivity contribution in [3.05, 3.63) is 72.6 Å². The van der Waals surface area contributed by atoms with Gasteiger partial charge in [0.05, 0.1) is 11.2 Å². The highest BCUT2D eigenvalue weighted by molar-refractivity contribution is 6.01. The number of rotatable bonds is 5. The number of carbonyl (C=O) groups excluding carboxylic acids is 2. The minimum absolute atomic E-state index is 0.0603. The molecule has 0 radical (unpaired) electrons. The molecule has 0 aliphatic carbocycles. The first-order chi connectivity index (χ1) is 13.6. The summed E-state index contributed by atoms with van der Waals surface area (Å²) < 4.78 is 7.06. The van der Waals surface area contributed by atoms with Crippen LogP contribution in [-0.2, 0) is 20.9 Å². The fraction of sp³-hybridized carbons (Fsp3) is 0.136. The Kier molecular flexibility index (Phi) is 4.76. The number of nitrogens with one attached hydrogen (secondary N) is 1. The molecular formula is C22H19N3O3. The van der Waals surface area contributed by atoms with Gasteiger partial charge in [-0.3, -0.25) is 14.6 Å². The van der Waals surface area contributed by atoms with E-state index in [-0.39, 0.29) is 13.2 Å². The maximum Gasteiger partial charge on any atom is 0.326 e. The van der Waals surface area contributed by atoms with Crippen LogP contribution in [0.5, 0.6) is 0 Å². The lowest BCUT2D eigenvalue weighted by molar-refractivity contribution is -0.147. The largest absolute Gasteiger partial charge is 0.454 e. The molecular weight excluding hydrogens is 354 g/mol. The SMILES string of the molecule is Cc1cc2ccccc2n1CC(=O)OCC(=O)Nc1cccc2ncccc12. The average Bonchev–Trinajstić information content (AvgIpc) is 3.02. The molecule has 140 valence electrons. The van der Waals surface area contributed by atoms with Gasteiger partial charge in [-0.05, 0) is 48.7 Å². The molecule has 0 bridgehead atoms. The number of fused-ring (bicyclic) bond motifs is 2. The third-order valence-corrected chi connectivity index (χ3v) is 4.59. The van der Waals surface area contributed by atoms with Gasteiger partial charge in [-0.2, -0.15) is 0 Å². The third-order valence-electron chi connectivity index (χ3n) is 4.59. The molecule has 1 amide bonds. The van der Waals surface area contributed by atoms with Crippen LogP contribution in [0.15, 0.2) is 66.9 Å². The lowest BCUT2D eigenvalue weighted by Gasteiger charge is -2.10. The molecule has 4 aromatic rings. The summed E-state index contributed by atoms with van der Waals surface area (Å²) in [5.41, 5.74) is 3.35. The zero-order valence-electron chi connectivity index (χ0n) is 15.4. The van der Waals surface area contributed by atoms with Gasteiger partial charge >= 0.3 is 5.97 Å². The van der Waals surface area contributed by atoms with Crippen LogP contribution in [-0.4, -0.2) is 28.0 Å². The molecule has 6 nitrogen and oxygen atoms in total. The summed E-state index contributed by atoms with van der Waals surface area (Å²) in [5.74, 6) is -0.849. The van der Waals surface area contributed by atoms with Crippen molar-refractivity contribution in [3.8, 4) is 0 Å². The number of hydrogen-bond donors (Lipinski definition) is 1. The van der Waals surface area contributed by atoms with E-state index in [0.29, 0.717) is 5.69 Å². The predicted octanol–water partition coefficient (Wildman–Crippen LogP) is 3.68. The van der Waals surface area contributed by atoms with Gasteiger partial charge in [0.1, 0.15) is 6.54 Å². The first kappa shape index (κ1) is 17.7. The van der Waals surface area contributed by atoms with Crippen LogP contribution in [0.2, 0.25) is 0 Å². The van der Waals surface area contributed by atoms with Gasteiger partial charge in [0, 0.05) is 22.8 Å². The second-order valence-corrected chi connectivity index (χ2v) is 6.52. The molecule has 1 N–H and O–H groups in total. The molecule has 0 spiro atoms. The average molecular weight is 373 g/mol. The Morgan fingerprint density at radius 1 is 1.07 bits per heavy atom. The number of nitrogens with zero attached hydrogens (tertiary/aromatic N) is 2. The first-order valence-electron chi connectivity index (χ1n) is 8.96. The zero-order valence-corrected chi connectivity index (χ0v) is 15.4. The van der Waals surface area contributed by atoms with E-state index in [0.717, 1.165) is 27.5 Å². The third kappa shape index (κ3) is 3.57. The molecule has 2 aromatic heterocycles. The van der Waals surface area contributed by atoms with E-state index in [1.807, 2.05) is 66.1 Å². The van der Waals surface area contributed by atoms with E-state index in [2.05, 4.69) is 10.3 Å². The van der Waals surface area contributed by atoms with Crippen LogP contribution in [0.4, 0.5) is 5.69 Å².